The van der Waals surface area contributed by atoms with Crippen molar-refractivity contribution in [1.82, 2.24) is 4.90 Å². The molecule has 1 saturated carbocycles. The van der Waals surface area contributed by atoms with Crippen LogP contribution in [0.15, 0.2) is 18.2 Å². The zero-order valence-corrected chi connectivity index (χ0v) is 14.6. The van der Waals surface area contributed by atoms with Gasteiger partial charge in [0.2, 0.25) is 0 Å². The van der Waals surface area contributed by atoms with E-state index in [9.17, 15) is 10.2 Å². The Hall–Kier alpha value is -1.10. The SMILES string of the molecule is COc1ccc2c(c1)[C@@]1(CCO)CCN(CC3CC3)[C@H](C2)[C@@H]1CO. The van der Waals surface area contributed by atoms with Gasteiger partial charge in [-0.3, -0.25) is 4.90 Å². The predicted molar refractivity (Wildman–Crippen MR) is 93.4 cm³/mol. The van der Waals surface area contributed by atoms with Gasteiger partial charge in [0.25, 0.3) is 0 Å². The number of hydrogen-bond acceptors (Lipinski definition) is 4. The number of piperidine rings is 1. The summed E-state index contributed by atoms with van der Waals surface area (Å²) in [6, 6.07) is 6.80. The van der Waals surface area contributed by atoms with Gasteiger partial charge in [-0.25, -0.2) is 0 Å². The summed E-state index contributed by atoms with van der Waals surface area (Å²) < 4.78 is 5.46. The summed E-state index contributed by atoms with van der Waals surface area (Å²) in [7, 11) is 1.70. The molecule has 24 heavy (non-hydrogen) atoms. The van der Waals surface area contributed by atoms with Crippen molar-refractivity contribution in [2.45, 2.75) is 43.6 Å². The zero-order valence-electron chi connectivity index (χ0n) is 14.6. The molecule has 4 nitrogen and oxygen atoms in total. The van der Waals surface area contributed by atoms with Gasteiger partial charge in [0.1, 0.15) is 5.75 Å². The molecule has 2 aliphatic carbocycles. The lowest BCUT2D eigenvalue weighted by atomic mass is 9.56. The monoisotopic (exact) mass is 331 g/mol. The van der Waals surface area contributed by atoms with E-state index in [0.29, 0.717) is 6.04 Å². The van der Waals surface area contributed by atoms with Gasteiger partial charge in [0.15, 0.2) is 0 Å². The summed E-state index contributed by atoms with van der Waals surface area (Å²) in [5.74, 6) is 1.95. The van der Waals surface area contributed by atoms with Gasteiger partial charge in [-0.1, -0.05) is 6.07 Å². The molecule has 0 aromatic heterocycles. The molecule has 3 atom stereocenters. The second kappa shape index (κ2) is 6.32. The molecule has 2 fully saturated rings. The maximum absolute atomic E-state index is 10.3. The number of rotatable bonds is 6. The Kier molecular flexibility index (Phi) is 4.31. The van der Waals surface area contributed by atoms with Gasteiger partial charge in [0, 0.05) is 37.1 Å². The Bertz CT molecular complexity index is 601. The minimum absolute atomic E-state index is 0.115. The third-order valence-electron chi connectivity index (χ3n) is 6.72. The number of fused-ring (bicyclic) bond motifs is 4. The molecule has 132 valence electrons. The second-order valence-corrected chi connectivity index (χ2v) is 7.90. The molecule has 0 amide bonds. The smallest absolute Gasteiger partial charge is 0.119 e. The van der Waals surface area contributed by atoms with Crippen molar-refractivity contribution >= 4 is 0 Å². The third-order valence-corrected chi connectivity index (χ3v) is 6.72. The van der Waals surface area contributed by atoms with E-state index >= 15 is 0 Å². The lowest BCUT2D eigenvalue weighted by Gasteiger charge is -2.56. The average molecular weight is 331 g/mol. The molecular weight excluding hydrogens is 302 g/mol. The average Bonchev–Trinajstić information content (AvgIpc) is 3.41. The van der Waals surface area contributed by atoms with Crippen molar-refractivity contribution in [3.05, 3.63) is 29.3 Å². The van der Waals surface area contributed by atoms with Crippen LogP contribution in [-0.2, 0) is 11.8 Å². The van der Waals surface area contributed by atoms with Crippen molar-refractivity contribution in [3.63, 3.8) is 0 Å². The Morgan fingerprint density at radius 3 is 2.79 bits per heavy atom. The first-order valence-corrected chi connectivity index (χ1v) is 9.35. The van der Waals surface area contributed by atoms with Crippen LogP contribution in [0.3, 0.4) is 0 Å². The minimum Gasteiger partial charge on any atom is -0.497 e. The standard InChI is InChI=1S/C20H29NO3/c1-24-16-5-4-15-10-19-18(13-23)20(7-9-22,17(15)11-16)6-8-21(19)12-14-2-3-14/h4-5,11,14,18-19,22-23H,2-3,6-10,12-13H2,1H3/t18-,19+,20-/m0/s1. The maximum atomic E-state index is 10.3. The molecule has 4 heteroatoms. The van der Waals surface area contributed by atoms with E-state index in [0.717, 1.165) is 37.5 Å². The molecule has 4 rings (SSSR count). The zero-order chi connectivity index (χ0) is 16.7. The van der Waals surface area contributed by atoms with E-state index in [1.165, 1.54) is 30.5 Å². The van der Waals surface area contributed by atoms with E-state index < -0.39 is 0 Å². The van der Waals surface area contributed by atoms with Crippen LogP contribution >= 0.6 is 0 Å². The molecule has 0 unspecified atom stereocenters. The third kappa shape index (κ3) is 2.56. The summed E-state index contributed by atoms with van der Waals surface area (Å²) >= 11 is 0. The van der Waals surface area contributed by atoms with Crippen LogP contribution in [0.4, 0.5) is 0 Å². The first kappa shape index (κ1) is 16.4. The molecule has 2 bridgehead atoms. The van der Waals surface area contributed by atoms with Gasteiger partial charge in [-0.15, -0.1) is 0 Å². The van der Waals surface area contributed by atoms with E-state index in [4.69, 9.17) is 4.74 Å². The highest BCUT2D eigenvalue weighted by molar-refractivity contribution is 5.45. The van der Waals surface area contributed by atoms with Crippen molar-refractivity contribution in [2.75, 3.05) is 33.4 Å². The summed E-state index contributed by atoms with van der Waals surface area (Å²) in [5, 5.41) is 20.1. The molecular formula is C20H29NO3. The summed E-state index contributed by atoms with van der Waals surface area (Å²) in [5.41, 5.74) is 2.56. The molecule has 1 aliphatic heterocycles. The van der Waals surface area contributed by atoms with Crippen LogP contribution in [-0.4, -0.2) is 54.6 Å². The number of aliphatic hydroxyl groups is 2. The Labute approximate surface area is 144 Å². The van der Waals surface area contributed by atoms with Crippen LogP contribution in [0.1, 0.15) is 36.8 Å². The first-order valence-electron chi connectivity index (χ1n) is 9.35. The number of aliphatic hydroxyl groups excluding tert-OH is 2. The van der Waals surface area contributed by atoms with Crippen LogP contribution in [0.2, 0.25) is 0 Å². The normalized spacial score (nSPS) is 32.5. The fourth-order valence-electron chi connectivity index (χ4n) is 5.27. The maximum Gasteiger partial charge on any atom is 0.119 e. The molecule has 1 aromatic carbocycles. The summed E-state index contributed by atoms with van der Waals surface area (Å²) in [6.07, 6.45) is 5.48. The predicted octanol–water partition coefficient (Wildman–Crippen LogP) is 1.96. The molecule has 3 aliphatic rings. The fourth-order valence-corrected chi connectivity index (χ4v) is 5.27. The second-order valence-electron chi connectivity index (χ2n) is 7.90. The topological polar surface area (TPSA) is 52.9 Å². The highest BCUT2D eigenvalue weighted by atomic mass is 16.5. The van der Waals surface area contributed by atoms with E-state index in [2.05, 4.69) is 17.0 Å². The van der Waals surface area contributed by atoms with Crippen LogP contribution in [0, 0.1) is 11.8 Å². The lowest BCUT2D eigenvalue weighted by molar-refractivity contribution is -0.0267. The summed E-state index contributed by atoms with van der Waals surface area (Å²) in [6.45, 7) is 2.63. The van der Waals surface area contributed by atoms with E-state index in [1.807, 2.05) is 6.07 Å². The van der Waals surface area contributed by atoms with Gasteiger partial charge in [-0.2, -0.15) is 0 Å². The molecule has 0 radical (unpaired) electrons. The number of ether oxygens (including phenoxy) is 1. The molecule has 1 aromatic rings. The van der Waals surface area contributed by atoms with Gasteiger partial charge in [0.05, 0.1) is 7.11 Å². The number of hydrogen-bond donors (Lipinski definition) is 2. The van der Waals surface area contributed by atoms with E-state index in [1.54, 1.807) is 7.11 Å². The number of benzene rings is 1. The molecule has 1 heterocycles. The van der Waals surface area contributed by atoms with Crippen molar-refractivity contribution in [3.8, 4) is 5.75 Å². The highest BCUT2D eigenvalue weighted by Gasteiger charge is 2.53. The minimum atomic E-state index is -0.115. The van der Waals surface area contributed by atoms with Crippen molar-refractivity contribution in [1.29, 1.82) is 0 Å². The van der Waals surface area contributed by atoms with Crippen molar-refractivity contribution in [2.24, 2.45) is 11.8 Å². The quantitative estimate of drug-likeness (QED) is 0.837. The van der Waals surface area contributed by atoms with E-state index in [-0.39, 0.29) is 24.5 Å². The first-order chi connectivity index (χ1) is 11.7. The Balaban J connectivity index is 1.76. The van der Waals surface area contributed by atoms with Crippen LogP contribution in [0.25, 0.3) is 0 Å². The number of methoxy groups -OCH3 is 1. The van der Waals surface area contributed by atoms with Crippen LogP contribution < -0.4 is 4.74 Å². The Morgan fingerprint density at radius 1 is 1.29 bits per heavy atom. The largest absolute Gasteiger partial charge is 0.497 e. The highest BCUT2D eigenvalue weighted by Crippen LogP contribution is 2.52. The van der Waals surface area contributed by atoms with Gasteiger partial charge in [-0.05, 0) is 67.8 Å². The fraction of sp³-hybridized carbons (Fsp3) is 0.700. The molecule has 0 spiro atoms. The van der Waals surface area contributed by atoms with Crippen LogP contribution in [0.5, 0.6) is 5.75 Å². The molecule has 1 saturated heterocycles. The molecule has 2 N–H and O–H groups in total. The van der Waals surface area contributed by atoms with Crippen molar-refractivity contribution < 1.29 is 14.9 Å². The number of nitrogens with zero attached hydrogens (tertiary/aromatic N) is 1. The Morgan fingerprint density at radius 2 is 2.12 bits per heavy atom. The summed E-state index contributed by atoms with van der Waals surface area (Å²) in [4.78, 5) is 2.63. The lowest BCUT2D eigenvalue weighted by Crippen LogP contribution is -2.61. The van der Waals surface area contributed by atoms with Gasteiger partial charge >= 0.3 is 0 Å². The van der Waals surface area contributed by atoms with Gasteiger partial charge < -0.3 is 14.9 Å². The number of likely N-dealkylation sites (tertiary alicyclic amines) is 1.